The van der Waals surface area contributed by atoms with Crippen LogP contribution in [0, 0.1) is 0 Å². The number of hydrogen-bond donors (Lipinski definition) is 1. The molecule has 1 unspecified atom stereocenters. The summed E-state index contributed by atoms with van der Waals surface area (Å²) in [5.74, 6) is 0. The average Bonchev–Trinajstić information content (AvgIpc) is 2.69. The monoisotopic (exact) mass is 241 g/mol. The summed E-state index contributed by atoms with van der Waals surface area (Å²) in [5, 5.41) is 11.5. The van der Waals surface area contributed by atoms with E-state index in [1.54, 1.807) is 7.11 Å². The smallest absolute Gasteiger partial charge is 0.102 e. The summed E-state index contributed by atoms with van der Waals surface area (Å²) in [4.78, 5) is 2.13. The van der Waals surface area contributed by atoms with Gasteiger partial charge in [-0.1, -0.05) is 5.21 Å². The van der Waals surface area contributed by atoms with E-state index in [4.69, 9.17) is 4.74 Å². The van der Waals surface area contributed by atoms with Gasteiger partial charge in [0, 0.05) is 20.2 Å². The Bertz CT molecular complexity index is 337. The molecule has 0 fully saturated rings. The average molecular weight is 241 g/mol. The molecule has 1 rings (SSSR count). The molecule has 0 aliphatic rings. The minimum absolute atomic E-state index is 0.00973. The quantitative estimate of drug-likeness (QED) is 0.742. The van der Waals surface area contributed by atoms with Crippen LogP contribution in [0.5, 0.6) is 0 Å². The van der Waals surface area contributed by atoms with Gasteiger partial charge in [0.2, 0.25) is 0 Å². The fraction of sp³-hybridized carbons (Fsp3) is 0.818. The van der Waals surface area contributed by atoms with Gasteiger partial charge < -0.3 is 15.0 Å². The number of rotatable bonds is 7. The lowest BCUT2D eigenvalue weighted by atomic mass is 10.2. The molecule has 0 amide bonds. The molecule has 0 bridgehead atoms. The fourth-order valence-electron chi connectivity index (χ4n) is 1.67. The Balaban J connectivity index is 2.87. The van der Waals surface area contributed by atoms with Gasteiger partial charge in [0.15, 0.2) is 0 Å². The van der Waals surface area contributed by atoms with Gasteiger partial charge in [0.25, 0.3) is 0 Å². The Morgan fingerprint density at radius 1 is 1.47 bits per heavy atom. The Morgan fingerprint density at radius 2 is 2.18 bits per heavy atom. The second-order valence-electron chi connectivity index (χ2n) is 4.36. The molecule has 6 nitrogen and oxygen atoms in total. The first-order chi connectivity index (χ1) is 8.10. The minimum Gasteiger partial charge on any atom is -0.375 e. The molecular weight excluding hydrogens is 218 g/mol. The number of ether oxygens (including phenoxy) is 1. The van der Waals surface area contributed by atoms with Crippen molar-refractivity contribution in [3.63, 3.8) is 0 Å². The molecule has 17 heavy (non-hydrogen) atoms. The third kappa shape index (κ3) is 3.76. The van der Waals surface area contributed by atoms with Gasteiger partial charge in [0.1, 0.15) is 5.69 Å². The third-order valence-electron chi connectivity index (χ3n) is 2.69. The van der Waals surface area contributed by atoms with Gasteiger partial charge in [-0.05, 0) is 28.1 Å². The van der Waals surface area contributed by atoms with Crippen molar-refractivity contribution in [2.45, 2.75) is 26.1 Å². The summed E-state index contributed by atoms with van der Waals surface area (Å²) in [5.41, 5.74) is 2.02. The van der Waals surface area contributed by atoms with Crippen LogP contribution in [0.3, 0.4) is 0 Å². The van der Waals surface area contributed by atoms with Crippen molar-refractivity contribution >= 4 is 0 Å². The fourth-order valence-corrected chi connectivity index (χ4v) is 1.67. The molecule has 1 aromatic rings. The zero-order chi connectivity index (χ0) is 12.8. The number of likely N-dealkylation sites (N-methyl/N-ethyl adjacent to an activating group) is 1. The van der Waals surface area contributed by atoms with Crippen LogP contribution in [0.2, 0.25) is 0 Å². The maximum Gasteiger partial charge on any atom is 0.102 e. The summed E-state index contributed by atoms with van der Waals surface area (Å²) < 4.78 is 7.32. The van der Waals surface area contributed by atoms with Gasteiger partial charge in [-0.15, -0.1) is 5.10 Å². The number of hydrogen-bond acceptors (Lipinski definition) is 5. The summed E-state index contributed by atoms with van der Waals surface area (Å²) in [7, 11) is 7.70. The van der Waals surface area contributed by atoms with Crippen LogP contribution in [0.4, 0.5) is 0 Å². The maximum atomic E-state index is 5.39. The number of aromatic nitrogens is 3. The van der Waals surface area contributed by atoms with E-state index in [2.05, 4.69) is 20.5 Å². The molecule has 1 atom stereocenters. The molecule has 0 aliphatic carbocycles. The summed E-state index contributed by atoms with van der Waals surface area (Å²) >= 11 is 0. The van der Waals surface area contributed by atoms with Crippen LogP contribution < -0.4 is 5.32 Å². The van der Waals surface area contributed by atoms with Crippen LogP contribution in [0.25, 0.3) is 0 Å². The molecule has 98 valence electrons. The second-order valence-corrected chi connectivity index (χ2v) is 4.36. The second kappa shape index (κ2) is 6.68. The summed E-state index contributed by atoms with van der Waals surface area (Å²) in [6, 6.07) is 0. The Kier molecular flexibility index (Phi) is 5.54. The highest BCUT2D eigenvalue weighted by molar-refractivity contribution is 5.13. The van der Waals surface area contributed by atoms with Crippen LogP contribution in [0.1, 0.15) is 24.4 Å². The SMILES string of the molecule is CNCc1nnn(CCN(C)C)c1C(C)OC. The van der Waals surface area contributed by atoms with Gasteiger partial charge in [0.05, 0.1) is 18.3 Å². The van der Waals surface area contributed by atoms with Crippen molar-refractivity contribution < 1.29 is 4.74 Å². The van der Waals surface area contributed by atoms with E-state index in [0.29, 0.717) is 6.54 Å². The molecule has 6 heteroatoms. The zero-order valence-electron chi connectivity index (χ0n) is 11.4. The molecule has 0 saturated heterocycles. The largest absolute Gasteiger partial charge is 0.375 e. The predicted molar refractivity (Wildman–Crippen MR) is 66.8 cm³/mol. The first kappa shape index (κ1) is 14.1. The molecule has 0 radical (unpaired) electrons. The van der Waals surface area contributed by atoms with Crippen molar-refractivity contribution in [3.8, 4) is 0 Å². The topological polar surface area (TPSA) is 55.2 Å². The van der Waals surface area contributed by atoms with Gasteiger partial charge >= 0.3 is 0 Å². The van der Waals surface area contributed by atoms with E-state index in [-0.39, 0.29) is 6.10 Å². The summed E-state index contributed by atoms with van der Waals surface area (Å²) in [6.45, 7) is 4.49. The maximum absolute atomic E-state index is 5.39. The summed E-state index contributed by atoms with van der Waals surface area (Å²) in [6.07, 6.45) is 0.00973. The molecular formula is C11H23N5O. The third-order valence-corrected chi connectivity index (χ3v) is 2.69. The highest BCUT2D eigenvalue weighted by atomic mass is 16.5. The van der Waals surface area contributed by atoms with E-state index in [0.717, 1.165) is 24.5 Å². The molecule has 1 N–H and O–H groups in total. The lowest BCUT2D eigenvalue weighted by Crippen LogP contribution is -2.21. The van der Waals surface area contributed by atoms with Crippen molar-refractivity contribution in [2.75, 3.05) is 34.8 Å². The Hall–Kier alpha value is -0.980. The highest BCUT2D eigenvalue weighted by Crippen LogP contribution is 2.18. The molecule has 1 aromatic heterocycles. The van der Waals surface area contributed by atoms with Crippen LogP contribution >= 0.6 is 0 Å². The normalized spacial score (nSPS) is 13.3. The van der Waals surface area contributed by atoms with Crippen molar-refractivity contribution in [1.82, 2.24) is 25.2 Å². The first-order valence-electron chi connectivity index (χ1n) is 5.84. The highest BCUT2D eigenvalue weighted by Gasteiger charge is 2.18. The van der Waals surface area contributed by atoms with E-state index >= 15 is 0 Å². The van der Waals surface area contributed by atoms with Gasteiger partial charge in [-0.25, -0.2) is 4.68 Å². The molecule has 0 aliphatic heterocycles. The zero-order valence-corrected chi connectivity index (χ0v) is 11.4. The molecule has 0 aromatic carbocycles. The van der Waals surface area contributed by atoms with E-state index in [1.807, 2.05) is 32.7 Å². The standard InChI is InChI=1S/C11H23N5O/c1-9(17-5)11-10(8-12-2)13-14-16(11)7-6-15(3)4/h9,12H,6-8H2,1-5H3. The van der Waals surface area contributed by atoms with Crippen LogP contribution in [0.15, 0.2) is 0 Å². The van der Waals surface area contributed by atoms with Crippen molar-refractivity contribution in [3.05, 3.63) is 11.4 Å². The first-order valence-corrected chi connectivity index (χ1v) is 5.84. The van der Waals surface area contributed by atoms with Crippen LogP contribution in [-0.4, -0.2) is 54.7 Å². The van der Waals surface area contributed by atoms with E-state index in [9.17, 15) is 0 Å². The Labute approximate surface area is 103 Å². The number of nitrogens with one attached hydrogen (secondary N) is 1. The molecule has 0 spiro atoms. The van der Waals surface area contributed by atoms with E-state index in [1.165, 1.54) is 0 Å². The lowest BCUT2D eigenvalue weighted by Gasteiger charge is -2.15. The number of nitrogens with zero attached hydrogens (tertiary/aromatic N) is 4. The van der Waals surface area contributed by atoms with E-state index < -0.39 is 0 Å². The van der Waals surface area contributed by atoms with Crippen LogP contribution in [-0.2, 0) is 17.8 Å². The lowest BCUT2D eigenvalue weighted by molar-refractivity contribution is 0.110. The van der Waals surface area contributed by atoms with Crippen molar-refractivity contribution in [2.24, 2.45) is 0 Å². The number of methoxy groups -OCH3 is 1. The molecule has 1 heterocycles. The van der Waals surface area contributed by atoms with Gasteiger partial charge in [-0.2, -0.15) is 0 Å². The predicted octanol–water partition coefficient (Wildman–Crippen LogP) is 0.266. The minimum atomic E-state index is 0.00973. The van der Waals surface area contributed by atoms with Crippen molar-refractivity contribution in [1.29, 1.82) is 0 Å². The molecule has 0 saturated carbocycles. The Morgan fingerprint density at radius 3 is 2.71 bits per heavy atom. The van der Waals surface area contributed by atoms with Gasteiger partial charge in [-0.3, -0.25) is 0 Å².